The molecular weight excluding hydrogens is 234 g/mol. The topological polar surface area (TPSA) is 37.8 Å². The van der Waals surface area contributed by atoms with Gasteiger partial charge in [-0.05, 0) is 37.7 Å². The van der Waals surface area contributed by atoms with Gasteiger partial charge < -0.3 is 5.32 Å². The van der Waals surface area contributed by atoms with Crippen LogP contribution in [-0.2, 0) is 0 Å². The number of hydrogen-bond donors (Lipinski definition) is 1. The Balaban J connectivity index is 1.78. The molecule has 3 nitrogen and oxygen atoms in total. The molecule has 1 aliphatic rings. The Morgan fingerprint density at radius 2 is 2.00 bits per heavy atom. The zero-order valence-corrected chi connectivity index (χ0v) is 12.6. The van der Waals surface area contributed by atoms with Crippen molar-refractivity contribution < 1.29 is 0 Å². The van der Waals surface area contributed by atoms with Crippen LogP contribution < -0.4 is 5.32 Å². The summed E-state index contributed by atoms with van der Waals surface area (Å²) in [6.07, 6.45) is 8.36. The van der Waals surface area contributed by atoms with Gasteiger partial charge in [0.15, 0.2) is 0 Å². The second-order valence-corrected chi connectivity index (χ2v) is 6.13. The van der Waals surface area contributed by atoms with Crippen LogP contribution in [0.2, 0.25) is 0 Å². The molecule has 19 heavy (non-hydrogen) atoms. The third kappa shape index (κ3) is 4.48. The lowest BCUT2D eigenvalue weighted by atomic mass is 10.0. The minimum atomic E-state index is 0.459. The summed E-state index contributed by atoms with van der Waals surface area (Å²) in [5.74, 6) is 2.24. The van der Waals surface area contributed by atoms with Crippen molar-refractivity contribution in [1.29, 1.82) is 0 Å². The number of hydrogen-bond acceptors (Lipinski definition) is 3. The molecule has 2 rings (SSSR count). The van der Waals surface area contributed by atoms with Gasteiger partial charge in [-0.3, -0.25) is 0 Å². The monoisotopic (exact) mass is 261 g/mol. The molecule has 0 amide bonds. The Morgan fingerprint density at radius 3 is 2.68 bits per heavy atom. The molecule has 1 aliphatic carbocycles. The molecule has 1 saturated carbocycles. The largest absolute Gasteiger partial charge is 0.354 e. The lowest BCUT2D eigenvalue weighted by Gasteiger charge is -2.11. The highest BCUT2D eigenvalue weighted by atomic mass is 15.1. The van der Waals surface area contributed by atoms with Crippen LogP contribution in [0.15, 0.2) is 6.07 Å². The zero-order chi connectivity index (χ0) is 13.7. The van der Waals surface area contributed by atoms with Crippen LogP contribution in [0.1, 0.15) is 69.7 Å². The van der Waals surface area contributed by atoms with E-state index in [1.807, 2.05) is 6.92 Å². The Hall–Kier alpha value is -1.12. The normalized spacial score (nSPS) is 16.2. The molecule has 1 N–H and O–H groups in total. The third-order valence-electron chi connectivity index (χ3n) is 4.01. The minimum absolute atomic E-state index is 0.459. The highest BCUT2D eigenvalue weighted by Gasteiger charge is 2.14. The van der Waals surface area contributed by atoms with Gasteiger partial charge in [-0.25, -0.2) is 9.97 Å². The first kappa shape index (κ1) is 14.3. The number of anilines is 1. The maximum absolute atomic E-state index is 4.58. The molecule has 0 aliphatic heterocycles. The van der Waals surface area contributed by atoms with E-state index in [2.05, 4.69) is 35.2 Å². The average molecular weight is 261 g/mol. The summed E-state index contributed by atoms with van der Waals surface area (Å²) in [5.41, 5.74) is 2.18. The fourth-order valence-corrected chi connectivity index (χ4v) is 2.86. The van der Waals surface area contributed by atoms with Crippen molar-refractivity contribution in [2.75, 3.05) is 11.9 Å². The van der Waals surface area contributed by atoms with Gasteiger partial charge in [0.1, 0.15) is 0 Å². The second-order valence-electron chi connectivity index (χ2n) is 6.13. The van der Waals surface area contributed by atoms with Crippen LogP contribution in [-0.4, -0.2) is 16.5 Å². The van der Waals surface area contributed by atoms with Crippen LogP contribution in [0.5, 0.6) is 0 Å². The first-order valence-corrected chi connectivity index (χ1v) is 7.74. The highest BCUT2D eigenvalue weighted by Crippen LogP contribution is 2.28. The fraction of sp³-hybridized carbons (Fsp3) is 0.750. The summed E-state index contributed by atoms with van der Waals surface area (Å²) in [6.45, 7) is 7.38. The van der Waals surface area contributed by atoms with Crippen LogP contribution in [0.4, 0.5) is 5.95 Å². The minimum Gasteiger partial charge on any atom is -0.354 e. The molecule has 0 saturated heterocycles. The standard InChI is InChI=1S/C16H27N3/c1-12(2)15-11-13(3)18-16(19-15)17-10-6-9-14-7-4-5-8-14/h11-12,14H,4-10H2,1-3H3,(H,17,18,19). The van der Waals surface area contributed by atoms with Crippen LogP contribution >= 0.6 is 0 Å². The van der Waals surface area contributed by atoms with E-state index in [0.717, 1.165) is 29.8 Å². The average Bonchev–Trinajstić information content (AvgIpc) is 2.87. The molecular formula is C16H27N3. The van der Waals surface area contributed by atoms with E-state index in [1.165, 1.54) is 38.5 Å². The fourth-order valence-electron chi connectivity index (χ4n) is 2.86. The predicted molar refractivity (Wildman–Crippen MR) is 80.5 cm³/mol. The third-order valence-corrected chi connectivity index (χ3v) is 4.01. The van der Waals surface area contributed by atoms with Crippen LogP contribution in [0.25, 0.3) is 0 Å². The molecule has 0 aromatic carbocycles. The molecule has 3 heteroatoms. The first-order chi connectivity index (χ1) is 9.15. The summed E-state index contributed by atoms with van der Waals surface area (Å²) in [7, 11) is 0. The molecule has 1 aromatic heterocycles. The molecule has 1 aromatic rings. The molecule has 0 bridgehead atoms. The second kappa shape index (κ2) is 6.88. The first-order valence-electron chi connectivity index (χ1n) is 7.74. The maximum Gasteiger partial charge on any atom is 0.223 e. The molecule has 0 unspecified atom stereocenters. The summed E-state index contributed by atoms with van der Waals surface area (Å²) in [6, 6.07) is 2.08. The van der Waals surface area contributed by atoms with Gasteiger partial charge >= 0.3 is 0 Å². The molecule has 1 fully saturated rings. The SMILES string of the molecule is Cc1cc(C(C)C)nc(NCCCC2CCCC2)n1. The van der Waals surface area contributed by atoms with E-state index in [9.17, 15) is 0 Å². The Labute approximate surface area is 117 Å². The van der Waals surface area contributed by atoms with E-state index in [1.54, 1.807) is 0 Å². The zero-order valence-electron chi connectivity index (χ0n) is 12.6. The van der Waals surface area contributed by atoms with E-state index < -0.39 is 0 Å². The van der Waals surface area contributed by atoms with Crippen molar-refractivity contribution >= 4 is 5.95 Å². The molecule has 0 spiro atoms. The number of nitrogens with zero attached hydrogens (tertiary/aromatic N) is 2. The van der Waals surface area contributed by atoms with Crippen LogP contribution in [0.3, 0.4) is 0 Å². The lowest BCUT2D eigenvalue weighted by molar-refractivity contribution is 0.491. The number of nitrogens with one attached hydrogen (secondary N) is 1. The Bertz CT molecular complexity index is 395. The van der Waals surface area contributed by atoms with Crippen molar-refractivity contribution in [1.82, 2.24) is 9.97 Å². The summed E-state index contributed by atoms with van der Waals surface area (Å²) < 4.78 is 0. The predicted octanol–water partition coefficient (Wildman–Crippen LogP) is 4.29. The van der Waals surface area contributed by atoms with Gasteiger partial charge in [0.2, 0.25) is 5.95 Å². The summed E-state index contributed by atoms with van der Waals surface area (Å²) in [5, 5.41) is 3.38. The van der Waals surface area contributed by atoms with Crippen molar-refractivity contribution in [3.8, 4) is 0 Å². The highest BCUT2D eigenvalue weighted by molar-refractivity contribution is 5.28. The quantitative estimate of drug-likeness (QED) is 0.776. The van der Waals surface area contributed by atoms with E-state index in [0.29, 0.717) is 5.92 Å². The summed E-state index contributed by atoms with van der Waals surface area (Å²) >= 11 is 0. The van der Waals surface area contributed by atoms with Gasteiger partial charge in [-0.1, -0.05) is 39.5 Å². The van der Waals surface area contributed by atoms with Gasteiger partial charge in [-0.2, -0.15) is 0 Å². The van der Waals surface area contributed by atoms with Gasteiger partial charge in [0.05, 0.1) is 0 Å². The van der Waals surface area contributed by atoms with Crippen molar-refractivity contribution in [2.24, 2.45) is 5.92 Å². The van der Waals surface area contributed by atoms with Crippen LogP contribution in [0, 0.1) is 12.8 Å². The number of aromatic nitrogens is 2. The Morgan fingerprint density at radius 1 is 1.26 bits per heavy atom. The van der Waals surface area contributed by atoms with Crippen molar-refractivity contribution in [3.63, 3.8) is 0 Å². The van der Waals surface area contributed by atoms with E-state index in [4.69, 9.17) is 0 Å². The lowest BCUT2D eigenvalue weighted by Crippen LogP contribution is -2.09. The van der Waals surface area contributed by atoms with E-state index in [-0.39, 0.29) is 0 Å². The summed E-state index contributed by atoms with van der Waals surface area (Å²) in [4.78, 5) is 9.04. The van der Waals surface area contributed by atoms with Gasteiger partial charge in [0.25, 0.3) is 0 Å². The molecule has 106 valence electrons. The molecule has 1 heterocycles. The van der Waals surface area contributed by atoms with Crippen molar-refractivity contribution in [3.05, 3.63) is 17.5 Å². The number of aryl methyl sites for hydroxylation is 1. The molecule has 0 radical (unpaired) electrons. The van der Waals surface area contributed by atoms with Gasteiger partial charge in [0, 0.05) is 17.9 Å². The Kier molecular flexibility index (Phi) is 5.17. The van der Waals surface area contributed by atoms with Gasteiger partial charge in [-0.15, -0.1) is 0 Å². The smallest absolute Gasteiger partial charge is 0.223 e. The van der Waals surface area contributed by atoms with Crippen molar-refractivity contribution in [2.45, 2.75) is 65.2 Å². The number of rotatable bonds is 6. The molecule has 0 atom stereocenters. The van der Waals surface area contributed by atoms with E-state index >= 15 is 0 Å². The maximum atomic E-state index is 4.58.